The lowest BCUT2D eigenvalue weighted by atomic mass is 9.73. The Morgan fingerprint density at radius 2 is 2.00 bits per heavy atom. The largest absolute Gasteiger partial charge is 0.388 e. The van der Waals surface area contributed by atoms with Gasteiger partial charge in [0.05, 0.1) is 6.10 Å². The van der Waals surface area contributed by atoms with Crippen LogP contribution in [0, 0.1) is 17.7 Å². The quantitative estimate of drug-likeness (QED) is 0.838. The molecule has 3 atom stereocenters. The van der Waals surface area contributed by atoms with Crippen molar-refractivity contribution in [3.05, 3.63) is 35.6 Å². The molecule has 2 heteroatoms. The number of rotatable bonds is 3. The van der Waals surface area contributed by atoms with Gasteiger partial charge in [-0.2, -0.15) is 0 Å². The summed E-state index contributed by atoms with van der Waals surface area (Å²) >= 11 is 0. The third kappa shape index (κ3) is 2.68. The van der Waals surface area contributed by atoms with E-state index < -0.39 is 6.10 Å². The zero-order valence-corrected chi connectivity index (χ0v) is 10.4. The average Bonchev–Trinajstić information content (AvgIpc) is 2.38. The monoisotopic (exact) mass is 236 g/mol. The van der Waals surface area contributed by atoms with Crippen LogP contribution in [0.2, 0.25) is 0 Å². The molecule has 0 heterocycles. The van der Waals surface area contributed by atoms with Gasteiger partial charge in [-0.05, 0) is 24.3 Å². The maximum absolute atomic E-state index is 13.7. The van der Waals surface area contributed by atoms with Gasteiger partial charge in [0.2, 0.25) is 0 Å². The van der Waals surface area contributed by atoms with Crippen molar-refractivity contribution in [2.45, 2.75) is 45.1 Å². The summed E-state index contributed by atoms with van der Waals surface area (Å²) in [5.74, 6) is 0.490. The molecule has 0 spiro atoms. The van der Waals surface area contributed by atoms with E-state index in [4.69, 9.17) is 0 Å². The van der Waals surface area contributed by atoms with Crippen molar-refractivity contribution in [2.75, 3.05) is 0 Å². The van der Waals surface area contributed by atoms with Crippen molar-refractivity contribution in [2.24, 2.45) is 11.8 Å². The highest BCUT2D eigenvalue weighted by atomic mass is 19.1. The number of aliphatic hydroxyl groups is 1. The Morgan fingerprint density at radius 3 is 2.71 bits per heavy atom. The Labute approximate surface area is 103 Å². The molecule has 3 unspecified atom stereocenters. The Bertz CT molecular complexity index is 364. The summed E-state index contributed by atoms with van der Waals surface area (Å²) in [6, 6.07) is 6.61. The van der Waals surface area contributed by atoms with Crippen molar-refractivity contribution >= 4 is 0 Å². The van der Waals surface area contributed by atoms with Crippen LogP contribution in [0.1, 0.15) is 50.7 Å². The molecule has 1 N–H and O–H groups in total. The molecule has 0 saturated heterocycles. The number of aliphatic hydroxyl groups excluding tert-OH is 1. The van der Waals surface area contributed by atoms with E-state index in [1.165, 1.54) is 18.9 Å². The van der Waals surface area contributed by atoms with Crippen molar-refractivity contribution in [3.63, 3.8) is 0 Å². The second-order valence-electron chi connectivity index (χ2n) is 5.08. The smallest absolute Gasteiger partial charge is 0.129 e. The van der Waals surface area contributed by atoms with Gasteiger partial charge >= 0.3 is 0 Å². The fourth-order valence-electron chi connectivity index (χ4n) is 3.10. The van der Waals surface area contributed by atoms with E-state index in [9.17, 15) is 9.50 Å². The van der Waals surface area contributed by atoms with Gasteiger partial charge in [0.25, 0.3) is 0 Å². The zero-order chi connectivity index (χ0) is 12.3. The molecule has 1 aliphatic carbocycles. The fourth-order valence-corrected chi connectivity index (χ4v) is 3.10. The van der Waals surface area contributed by atoms with Gasteiger partial charge in [0.1, 0.15) is 5.82 Å². The topological polar surface area (TPSA) is 20.2 Å². The summed E-state index contributed by atoms with van der Waals surface area (Å²) in [6.07, 6.45) is 5.05. The first-order chi connectivity index (χ1) is 8.24. The van der Waals surface area contributed by atoms with Crippen molar-refractivity contribution in [1.82, 2.24) is 0 Å². The van der Waals surface area contributed by atoms with Gasteiger partial charge in [-0.3, -0.25) is 0 Å². The minimum atomic E-state index is -0.638. The van der Waals surface area contributed by atoms with Crippen LogP contribution in [0.15, 0.2) is 24.3 Å². The fraction of sp³-hybridized carbons (Fsp3) is 0.600. The summed E-state index contributed by atoms with van der Waals surface area (Å²) in [5.41, 5.74) is 0.470. The molecule has 1 aliphatic rings. The standard InChI is InChI=1S/C15H21FO/c1-2-11-7-3-4-8-12(11)15(17)13-9-5-6-10-14(13)16/h5-6,9-12,15,17H,2-4,7-8H2,1H3. The van der Waals surface area contributed by atoms with Crippen LogP contribution in [-0.4, -0.2) is 5.11 Å². The first kappa shape index (κ1) is 12.6. The third-order valence-electron chi connectivity index (χ3n) is 4.12. The Balaban J connectivity index is 2.18. The Morgan fingerprint density at radius 1 is 1.29 bits per heavy atom. The van der Waals surface area contributed by atoms with Crippen LogP contribution in [0.25, 0.3) is 0 Å². The summed E-state index contributed by atoms with van der Waals surface area (Å²) < 4.78 is 13.7. The molecular formula is C15H21FO. The molecule has 1 fully saturated rings. The zero-order valence-electron chi connectivity index (χ0n) is 10.4. The van der Waals surface area contributed by atoms with Crippen molar-refractivity contribution < 1.29 is 9.50 Å². The molecule has 1 aromatic rings. The van der Waals surface area contributed by atoms with Gasteiger partial charge in [0.15, 0.2) is 0 Å². The normalized spacial score (nSPS) is 26.8. The highest BCUT2D eigenvalue weighted by Crippen LogP contribution is 2.40. The molecule has 0 bridgehead atoms. The molecule has 0 amide bonds. The van der Waals surface area contributed by atoms with E-state index in [1.807, 2.05) is 0 Å². The first-order valence-corrected chi connectivity index (χ1v) is 6.66. The summed E-state index contributed by atoms with van der Waals surface area (Å²) in [6.45, 7) is 2.16. The highest BCUT2D eigenvalue weighted by Gasteiger charge is 2.31. The number of hydrogen-bond donors (Lipinski definition) is 1. The van der Waals surface area contributed by atoms with Crippen molar-refractivity contribution in [1.29, 1.82) is 0 Å². The molecule has 17 heavy (non-hydrogen) atoms. The molecule has 94 valence electrons. The predicted molar refractivity (Wildman–Crippen MR) is 67.1 cm³/mol. The SMILES string of the molecule is CCC1CCCCC1C(O)c1ccccc1F. The van der Waals surface area contributed by atoms with E-state index in [-0.39, 0.29) is 11.7 Å². The van der Waals surface area contributed by atoms with E-state index in [2.05, 4.69) is 6.92 Å². The Kier molecular flexibility index (Phi) is 4.16. The van der Waals surface area contributed by atoms with Crippen LogP contribution in [0.3, 0.4) is 0 Å². The van der Waals surface area contributed by atoms with E-state index in [0.29, 0.717) is 11.5 Å². The van der Waals surface area contributed by atoms with Crippen LogP contribution >= 0.6 is 0 Å². The van der Waals surface area contributed by atoms with Gasteiger partial charge in [-0.25, -0.2) is 4.39 Å². The maximum Gasteiger partial charge on any atom is 0.129 e. The lowest BCUT2D eigenvalue weighted by Gasteiger charge is -2.34. The lowest BCUT2D eigenvalue weighted by Crippen LogP contribution is -2.25. The number of halogens is 1. The molecule has 0 aliphatic heterocycles. The minimum Gasteiger partial charge on any atom is -0.388 e. The molecular weight excluding hydrogens is 215 g/mol. The molecule has 0 radical (unpaired) electrons. The molecule has 1 nitrogen and oxygen atoms in total. The summed E-state index contributed by atoms with van der Waals surface area (Å²) in [4.78, 5) is 0. The summed E-state index contributed by atoms with van der Waals surface area (Å²) in [5, 5.41) is 10.4. The molecule has 0 aromatic heterocycles. The van der Waals surface area contributed by atoms with Gasteiger partial charge in [0, 0.05) is 5.56 Å². The number of hydrogen-bond acceptors (Lipinski definition) is 1. The molecule has 1 saturated carbocycles. The van der Waals surface area contributed by atoms with Crippen LogP contribution in [-0.2, 0) is 0 Å². The van der Waals surface area contributed by atoms with Gasteiger partial charge < -0.3 is 5.11 Å². The second kappa shape index (κ2) is 5.63. The van der Waals surface area contributed by atoms with Crippen LogP contribution in [0.5, 0.6) is 0 Å². The van der Waals surface area contributed by atoms with E-state index >= 15 is 0 Å². The van der Waals surface area contributed by atoms with Crippen LogP contribution < -0.4 is 0 Å². The average molecular weight is 236 g/mol. The molecule has 2 rings (SSSR count). The predicted octanol–water partition coefficient (Wildman–Crippen LogP) is 4.08. The summed E-state index contributed by atoms with van der Waals surface area (Å²) in [7, 11) is 0. The van der Waals surface area contributed by atoms with E-state index in [1.54, 1.807) is 18.2 Å². The number of benzene rings is 1. The first-order valence-electron chi connectivity index (χ1n) is 6.66. The minimum absolute atomic E-state index is 0.227. The van der Waals surface area contributed by atoms with Gasteiger partial charge in [-0.1, -0.05) is 50.8 Å². The maximum atomic E-state index is 13.7. The van der Waals surface area contributed by atoms with E-state index in [0.717, 1.165) is 19.3 Å². The highest BCUT2D eigenvalue weighted by molar-refractivity contribution is 5.20. The lowest BCUT2D eigenvalue weighted by molar-refractivity contribution is 0.0427. The second-order valence-corrected chi connectivity index (χ2v) is 5.08. The molecule has 1 aromatic carbocycles. The third-order valence-corrected chi connectivity index (χ3v) is 4.12. The Hall–Kier alpha value is -0.890. The van der Waals surface area contributed by atoms with Crippen LogP contribution in [0.4, 0.5) is 4.39 Å². The van der Waals surface area contributed by atoms with Crippen molar-refractivity contribution in [3.8, 4) is 0 Å². The van der Waals surface area contributed by atoms with Gasteiger partial charge in [-0.15, -0.1) is 0 Å².